The van der Waals surface area contributed by atoms with Crippen LogP contribution < -0.4 is 24.3 Å². The lowest BCUT2D eigenvalue weighted by molar-refractivity contribution is 0.477. The third-order valence-corrected chi connectivity index (χ3v) is 10.3. The summed E-state index contributed by atoms with van der Waals surface area (Å²) in [5.41, 5.74) is 6.80. The lowest BCUT2D eigenvalue weighted by atomic mass is 9.93. The molecule has 0 spiro atoms. The summed E-state index contributed by atoms with van der Waals surface area (Å²) in [5.74, 6) is 1.50. The van der Waals surface area contributed by atoms with Gasteiger partial charge in [0.15, 0.2) is 11.5 Å². The van der Waals surface area contributed by atoms with E-state index in [2.05, 4.69) is 74.2 Å². The van der Waals surface area contributed by atoms with E-state index in [1.807, 2.05) is 18.2 Å². The van der Waals surface area contributed by atoms with Crippen LogP contribution in [0.2, 0.25) is 0 Å². The van der Waals surface area contributed by atoms with Crippen molar-refractivity contribution in [2.24, 2.45) is 0 Å². The van der Waals surface area contributed by atoms with Crippen LogP contribution in [0.25, 0.3) is 10.8 Å². The van der Waals surface area contributed by atoms with Gasteiger partial charge in [0.05, 0.1) is 45.3 Å². The number of anilines is 6. The van der Waals surface area contributed by atoms with Crippen molar-refractivity contribution in [3.63, 3.8) is 0 Å². The van der Waals surface area contributed by atoms with Gasteiger partial charge in [-0.3, -0.25) is 0 Å². The zero-order valence-corrected chi connectivity index (χ0v) is 26.5. The molecule has 0 N–H and O–H groups in total. The Morgan fingerprint density at radius 1 is 0.478 bits per heavy atom. The SMILES string of the molecule is N#Cc1c(C#N)c(N2c3ccccc3Oc3cc4ccccc4cc32)c(N2CCCCC2)c(N2CCCCC2)c1N1CCCCC1. The largest absolute Gasteiger partial charge is 0.453 e. The highest BCUT2D eigenvalue weighted by molar-refractivity contribution is 6.06. The molecule has 3 fully saturated rings. The summed E-state index contributed by atoms with van der Waals surface area (Å²) in [6.07, 6.45) is 10.3. The number of hydrogen-bond acceptors (Lipinski definition) is 7. The van der Waals surface area contributed by atoms with E-state index in [-0.39, 0.29) is 0 Å². The Morgan fingerprint density at radius 2 is 0.957 bits per heavy atom. The molecule has 232 valence electrons. The summed E-state index contributed by atoms with van der Waals surface area (Å²) in [4.78, 5) is 9.77. The van der Waals surface area contributed by atoms with Crippen molar-refractivity contribution < 1.29 is 4.74 Å². The van der Waals surface area contributed by atoms with Crippen molar-refractivity contribution in [1.82, 2.24) is 0 Å². The lowest BCUT2D eigenvalue weighted by Crippen LogP contribution is -2.39. The maximum Gasteiger partial charge on any atom is 0.152 e. The molecule has 0 radical (unpaired) electrons. The van der Waals surface area contributed by atoms with Crippen LogP contribution in [0.4, 0.5) is 34.1 Å². The number of benzene rings is 4. The molecule has 0 amide bonds. The molecule has 3 saturated heterocycles. The summed E-state index contributed by atoms with van der Waals surface area (Å²) in [6, 6.07) is 26.0. The highest BCUT2D eigenvalue weighted by atomic mass is 16.5. The van der Waals surface area contributed by atoms with E-state index < -0.39 is 0 Å². The predicted octanol–water partition coefficient (Wildman–Crippen LogP) is 9.13. The maximum atomic E-state index is 11.2. The first kappa shape index (κ1) is 28.6. The molecule has 4 aliphatic heterocycles. The van der Waals surface area contributed by atoms with Crippen molar-refractivity contribution in [3.05, 3.63) is 71.8 Å². The molecule has 0 aromatic heterocycles. The fourth-order valence-electron chi connectivity index (χ4n) is 8.07. The Morgan fingerprint density at radius 3 is 1.54 bits per heavy atom. The lowest BCUT2D eigenvalue weighted by Gasteiger charge is -2.44. The predicted molar refractivity (Wildman–Crippen MR) is 186 cm³/mol. The van der Waals surface area contributed by atoms with Crippen molar-refractivity contribution in [2.75, 3.05) is 58.9 Å². The van der Waals surface area contributed by atoms with Gasteiger partial charge in [0, 0.05) is 39.3 Å². The minimum absolute atomic E-state index is 0.459. The molecule has 46 heavy (non-hydrogen) atoms. The van der Waals surface area contributed by atoms with Crippen LogP contribution in [0.15, 0.2) is 60.7 Å². The number of ether oxygens (including phenoxy) is 1. The topological polar surface area (TPSA) is 69.8 Å². The average molecular weight is 609 g/mol. The number of para-hydroxylation sites is 2. The van der Waals surface area contributed by atoms with Crippen molar-refractivity contribution in [2.45, 2.75) is 57.8 Å². The normalized spacial score (nSPS) is 18.0. The van der Waals surface area contributed by atoms with Crippen LogP contribution >= 0.6 is 0 Å². The zero-order valence-electron chi connectivity index (χ0n) is 26.5. The standard InChI is InChI=1S/C39H40N6O/c40-26-30-31(27-41)37(45-32-16-6-7-17-34(32)46-35-25-29-15-5-4-14-28(29)24-33(35)45)39(44-22-12-3-13-23-44)38(43-20-10-2-11-21-43)36(30)42-18-8-1-9-19-42/h4-7,14-17,24-25H,1-3,8-13,18-23H2. The van der Waals surface area contributed by atoms with Gasteiger partial charge in [-0.25, -0.2) is 0 Å². The first-order valence-corrected chi connectivity index (χ1v) is 17.2. The highest BCUT2D eigenvalue weighted by Crippen LogP contribution is 2.59. The van der Waals surface area contributed by atoms with E-state index in [9.17, 15) is 10.5 Å². The van der Waals surface area contributed by atoms with Gasteiger partial charge in [-0.15, -0.1) is 0 Å². The second-order valence-electron chi connectivity index (χ2n) is 13.1. The summed E-state index contributed by atoms with van der Waals surface area (Å²) >= 11 is 0. The third-order valence-electron chi connectivity index (χ3n) is 10.3. The van der Waals surface area contributed by atoms with Crippen molar-refractivity contribution in [3.8, 4) is 23.6 Å². The van der Waals surface area contributed by atoms with E-state index >= 15 is 0 Å². The van der Waals surface area contributed by atoms with Crippen LogP contribution in [-0.4, -0.2) is 39.3 Å². The van der Waals surface area contributed by atoms with Crippen molar-refractivity contribution >= 4 is 44.9 Å². The molecule has 4 heterocycles. The number of piperidine rings is 3. The molecule has 7 nitrogen and oxygen atoms in total. The summed E-state index contributed by atoms with van der Waals surface area (Å²) in [7, 11) is 0. The van der Waals surface area contributed by atoms with Gasteiger partial charge in [0.1, 0.15) is 12.1 Å². The Hall–Kier alpha value is -4.88. The van der Waals surface area contributed by atoms with E-state index in [1.54, 1.807) is 0 Å². The third kappa shape index (κ3) is 4.77. The first-order chi connectivity index (χ1) is 22.8. The molecule has 4 aromatic rings. The van der Waals surface area contributed by atoms with Crippen LogP contribution in [0.1, 0.15) is 68.9 Å². The van der Waals surface area contributed by atoms with Crippen LogP contribution in [0.5, 0.6) is 11.5 Å². The van der Waals surface area contributed by atoms with E-state index in [4.69, 9.17) is 4.74 Å². The summed E-state index contributed by atoms with van der Waals surface area (Å²) in [6.45, 7) is 5.60. The smallest absolute Gasteiger partial charge is 0.152 e. The Kier molecular flexibility index (Phi) is 7.54. The number of hydrogen-bond donors (Lipinski definition) is 0. The molecule has 8 rings (SSSR count). The molecule has 4 aromatic carbocycles. The molecule has 4 aliphatic rings. The molecule has 7 heteroatoms. The first-order valence-electron chi connectivity index (χ1n) is 17.2. The molecule has 0 saturated carbocycles. The monoisotopic (exact) mass is 608 g/mol. The number of nitriles is 2. The van der Waals surface area contributed by atoms with Crippen molar-refractivity contribution in [1.29, 1.82) is 10.5 Å². The van der Waals surface area contributed by atoms with Gasteiger partial charge in [-0.2, -0.15) is 10.5 Å². The maximum absolute atomic E-state index is 11.2. The van der Waals surface area contributed by atoms with Gasteiger partial charge in [-0.05, 0) is 92.8 Å². The van der Waals surface area contributed by atoms with Gasteiger partial charge in [0.25, 0.3) is 0 Å². The van der Waals surface area contributed by atoms with E-state index in [0.29, 0.717) is 11.1 Å². The molecular formula is C39H40N6O. The zero-order chi connectivity index (χ0) is 31.0. The molecule has 0 unspecified atom stereocenters. The molecule has 0 bridgehead atoms. The number of nitrogens with zero attached hydrogens (tertiary/aromatic N) is 6. The van der Waals surface area contributed by atoms with Gasteiger partial charge >= 0.3 is 0 Å². The van der Waals surface area contributed by atoms with Gasteiger partial charge < -0.3 is 24.3 Å². The quantitative estimate of drug-likeness (QED) is 0.201. The Balaban J connectivity index is 1.50. The fraction of sp³-hybridized carbons (Fsp3) is 0.385. The number of fused-ring (bicyclic) bond motifs is 3. The van der Waals surface area contributed by atoms with Gasteiger partial charge in [0.2, 0.25) is 0 Å². The van der Waals surface area contributed by atoms with E-state index in [1.165, 1.54) is 19.3 Å². The Labute approximate surface area is 271 Å². The van der Waals surface area contributed by atoms with Crippen LogP contribution in [-0.2, 0) is 0 Å². The molecule has 0 aliphatic carbocycles. The Bertz CT molecular complexity index is 1870. The second kappa shape index (κ2) is 12.1. The van der Waals surface area contributed by atoms with E-state index in [0.717, 1.165) is 134 Å². The van der Waals surface area contributed by atoms with Gasteiger partial charge in [-0.1, -0.05) is 36.4 Å². The summed E-state index contributed by atoms with van der Waals surface area (Å²) in [5, 5.41) is 24.4. The second-order valence-corrected chi connectivity index (χ2v) is 13.1. The molecular weight excluding hydrogens is 568 g/mol. The van der Waals surface area contributed by atoms with Crippen LogP contribution in [0.3, 0.4) is 0 Å². The highest BCUT2D eigenvalue weighted by Gasteiger charge is 2.39. The molecule has 0 atom stereocenters. The minimum Gasteiger partial charge on any atom is -0.453 e. The average Bonchev–Trinajstić information content (AvgIpc) is 3.13. The van der Waals surface area contributed by atoms with Crippen LogP contribution in [0, 0.1) is 22.7 Å². The summed E-state index contributed by atoms with van der Waals surface area (Å²) < 4.78 is 6.60. The fourth-order valence-corrected chi connectivity index (χ4v) is 8.07. The minimum atomic E-state index is 0.459. The number of rotatable bonds is 4.